The molecule has 1 aromatic heterocycles. The quantitative estimate of drug-likeness (QED) is 0.735. The second-order valence-corrected chi connectivity index (χ2v) is 5.89. The number of rotatable bonds is 3. The molecule has 3 rings (SSSR count). The van der Waals surface area contributed by atoms with E-state index in [2.05, 4.69) is 9.88 Å². The predicted molar refractivity (Wildman–Crippen MR) is 84.7 cm³/mol. The lowest BCUT2D eigenvalue weighted by Crippen LogP contribution is -2.33. The SMILES string of the molecule is FC(F)(F)c1ccc(N(c2ccccn2)C2CCCCC2)cc1. The lowest BCUT2D eigenvalue weighted by Gasteiger charge is -2.35. The normalized spacial score (nSPS) is 16.3. The molecule has 0 spiro atoms. The monoisotopic (exact) mass is 320 g/mol. The van der Waals surface area contributed by atoms with Gasteiger partial charge < -0.3 is 4.90 Å². The Bertz CT molecular complexity index is 617. The summed E-state index contributed by atoms with van der Waals surface area (Å²) >= 11 is 0. The van der Waals surface area contributed by atoms with Crippen molar-refractivity contribution in [3.8, 4) is 0 Å². The van der Waals surface area contributed by atoms with Crippen molar-refractivity contribution in [3.63, 3.8) is 0 Å². The van der Waals surface area contributed by atoms with Crippen LogP contribution < -0.4 is 4.90 Å². The molecule has 1 aliphatic carbocycles. The molecule has 1 saturated carbocycles. The van der Waals surface area contributed by atoms with Crippen LogP contribution in [-0.4, -0.2) is 11.0 Å². The van der Waals surface area contributed by atoms with Crippen molar-refractivity contribution in [3.05, 3.63) is 54.2 Å². The number of pyridine rings is 1. The highest BCUT2D eigenvalue weighted by molar-refractivity contribution is 5.61. The van der Waals surface area contributed by atoms with Gasteiger partial charge in [0, 0.05) is 17.9 Å². The number of hydrogen-bond donors (Lipinski definition) is 0. The average molecular weight is 320 g/mol. The Kier molecular flexibility index (Phi) is 4.55. The van der Waals surface area contributed by atoms with Crippen LogP contribution in [0.4, 0.5) is 24.7 Å². The summed E-state index contributed by atoms with van der Waals surface area (Å²) in [6, 6.07) is 11.3. The molecule has 0 unspecified atom stereocenters. The molecular weight excluding hydrogens is 301 g/mol. The zero-order valence-corrected chi connectivity index (χ0v) is 12.8. The molecule has 23 heavy (non-hydrogen) atoms. The minimum absolute atomic E-state index is 0.287. The van der Waals surface area contributed by atoms with Crippen LogP contribution in [0.25, 0.3) is 0 Å². The lowest BCUT2D eigenvalue weighted by atomic mass is 9.93. The van der Waals surface area contributed by atoms with E-state index in [1.807, 2.05) is 18.2 Å². The van der Waals surface area contributed by atoms with Gasteiger partial charge in [0.15, 0.2) is 0 Å². The van der Waals surface area contributed by atoms with Gasteiger partial charge in [-0.05, 0) is 49.2 Å². The molecule has 1 fully saturated rings. The first-order chi connectivity index (χ1) is 11.1. The Hall–Kier alpha value is -2.04. The topological polar surface area (TPSA) is 16.1 Å². The third-order valence-electron chi connectivity index (χ3n) is 4.31. The van der Waals surface area contributed by atoms with E-state index in [1.54, 1.807) is 18.3 Å². The van der Waals surface area contributed by atoms with Gasteiger partial charge in [-0.2, -0.15) is 13.2 Å². The van der Waals surface area contributed by atoms with E-state index in [0.717, 1.165) is 49.3 Å². The van der Waals surface area contributed by atoms with Crippen molar-refractivity contribution >= 4 is 11.5 Å². The summed E-state index contributed by atoms with van der Waals surface area (Å²) in [6.45, 7) is 0. The van der Waals surface area contributed by atoms with Crippen molar-refractivity contribution < 1.29 is 13.2 Å². The zero-order chi connectivity index (χ0) is 16.3. The van der Waals surface area contributed by atoms with Gasteiger partial charge in [0.05, 0.1) is 5.56 Å². The summed E-state index contributed by atoms with van der Waals surface area (Å²) in [7, 11) is 0. The van der Waals surface area contributed by atoms with Gasteiger partial charge in [-0.25, -0.2) is 4.98 Å². The van der Waals surface area contributed by atoms with E-state index in [0.29, 0.717) is 0 Å². The number of nitrogens with zero attached hydrogens (tertiary/aromatic N) is 2. The molecule has 5 heteroatoms. The fourth-order valence-electron chi connectivity index (χ4n) is 3.18. The Morgan fingerprint density at radius 2 is 1.61 bits per heavy atom. The van der Waals surface area contributed by atoms with Gasteiger partial charge in [0.25, 0.3) is 0 Å². The first-order valence-corrected chi connectivity index (χ1v) is 7.93. The molecule has 0 aliphatic heterocycles. The van der Waals surface area contributed by atoms with Crippen LogP contribution in [0.3, 0.4) is 0 Å². The van der Waals surface area contributed by atoms with Gasteiger partial charge in [-0.15, -0.1) is 0 Å². The largest absolute Gasteiger partial charge is 0.416 e. The highest BCUT2D eigenvalue weighted by atomic mass is 19.4. The molecule has 2 aromatic rings. The molecule has 0 saturated heterocycles. The summed E-state index contributed by atoms with van der Waals surface area (Å²) in [6.07, 6.45) is 3.01. The molecule has 0 bridgehead atoms. The van der Waals surface area contributed by atoms with Crippen LogP contribution in [0.2, 0.25) is 0 Å². The molecule has 0 atom stereocenters. The van der Waals surface area contributed by atoms with Crippen molar-refractivity contribution in [1.82, 2.24) is 4.98 Å². The maximum atomic E-state index is 12.8. The molecule has 1 aromatic carbocycles. The van der Waals surface area contributed by atoms with Gasteiger partial charge >= 0.3 is 6.18 Å². The van der Waals surface area contributed by atoms with E-state index in [9.17, 15) is 13.2 Å². The first-order valence-electron chi connectivity index (χ1n) is 7.93. The van der Waals surface area contributed by atoms with Crippen molar-refractivity contribution in [2.75, 3.05) is 4.90 Å². The Labute approximate surface area is 134 Å². The highest BCUT2D eigenvalue weighted by Crippen LogP contribution is 2.35. The maximum absolute atomic E-state index is 12.8. The van der Waals surface area contributed by atoms with E-state index >= 15 is 0 Å². The van der Waals surface area contributed by atoms with Crippen LogP contribution in [0.15, 0.2) is 48.7 Å². The molecular formula is C18H19F3N2. The number of alkyl halides is 3. The minimum Gasteiger partial charge on any atom is -0.323 e. The summed E-state index contributed by atoms with van der Waals surface area (Å²) in [5, 5.41) is 0. The number of halogens is 3. The minimum atomic E-state index is -4.31. The molecule has 1 heterocycles. The Morgan fingerprint density at radius 3 is 2.17 bits per heavy atom. The highest BCUT2D eigenvalue weighted by Gasteiger charge is 2.31. The number of benzene rings is 1. The summed E-state index contributed by atoms with van der Waals surface area (Å²) in [5.74, 6) is 0.791. The molecule has 0 N–H and O–H groups in total. The molecule has 0 amide bonds. The molecule has 2 nitrogen and oxygen atoms in total. The fraction of sp³-hybridized carbons (Fsp3) is 0.389. The second-order valence-electron chi connectivity index (χ2n) is 5.89. The van der Waals surface area contributed by atoms with E-state index in [1.165, 1.54) is 6.42 Å². The third-order valence-corrected chi connectivity index (χ3v) is 4.31. The molecule has 1 aliphatic rings. The summed E-state index contributed by atoms with van der Waals surface area (Å²) < 4.78 is 38.3. The van der Waals surface area contributed by atoms with Gasteiger partial charge in [0.2, 0.25) is 0 Å². The van der Waals surface area contributed by atoms with Crippen molar-refractivity contribution in [2.24, 2.45) is 0 Å². The second kappa shape index (κ2) is 6.60. The maximum Gasteiger partial charge on any atom is 0.416 e. The van der Waals surface area contributed by atoms with Crippen LogP contribution in [-0.2, 0) is 6.18 Å². The zero-order valence-electron chi connectivity index (χ0n) is 12.8. The first kappa shape index (κ1) is 15.8. The van der Waals surface area contributed by atoms with Gasteiger partial charge in [0.1, 0.15) is 5.82 Å². The molecule has 122 valence electrons. The predicted octanol–water partition coefficient (Wildman–Crippen LogP) is 5.57. The standard InChI is InChI=1S/C18H19F3N2/c19-18(20,21)14-9-11-16(12-10-14)23(15-6-2-1-3-7-15)17-8-4-5-13-22-17/h4-5,8-13,15H,1-3,6-7H2. The van der Waals surface area contributed by atoms with E-state index < -0.39 is 11.7 Å². The third kappa shape index (κ3) is 3.66. The average Bonchev–Trinajstić information content (AvgIpc) is 2.57. The lowest BCUT2D eigenvalue weighted by molar-refractivity contribution is -0.137. The Balaban J connectivity index is 1.94. The Morgan fingerprint density at radius 1 is 0.913 bits per heavy atom. The van der Waals surface area contributed by atoms with Crippen molar-refractivity contribution in [2.45, 2.75) is 44.3 Å². The number of hydrogen-bond acceptors (Lipinski definition) is 2. The van der Waals surface area contributed by atoms with Gasteiger partial charge in [-0.1, -0.05) is 25.3 Å². The smallest absolute Gasteiger partial charge is 0.323 e. The summed E-state index contributed by atoms with van der Waals surface area (Å²) in [4.78, 5) is 6.49. The number of aromatic nitrogens is 1. The molecule has 0 radical (unpaired) electrons. The van der Waals surface area contributed by atoms with Crippen LogP contribution in [0.1, 0.15) is 37.7 Å². The number of anilines is 2. The van der Waals surface area contributed by atoms with Crippen molar-refractivity contribution in [1.29, 1.82) is 0 Å². The summed E-state index contributed by atoms with van der Waals surface area (Å²) in [5.41, 5.74) is 0.148. The van der Waals surface area contributed by atoms with Crippen LogP contribution in [0, 0.1) is 0 Å². The van der Waals surface area contributed by atoms with Crippen LogP contribution in [0.5, 0.6) is 0 Å². The fourth-order valence-corrected chi connectivity index (χ4v) is 3.18. The van der Waals surface area contributed by atoms with E-state index in [4.69, 9.17) is 0 Å². The van der Waals surface area contributed by atoms with E-state index in [-0.39, 0.29) is 6.04 Å². The van der Waals surface area contributed by atoms with Gasteiger partial charge in [-0.3, -0.25) is 0 Å². The van der Waals surface area contributed by atoms with Crippen LogP contribution >= 0.6 is 0 Å².